The van der Waals surface area contributed by atoms with E-state index in [9.17, 15) is 4.79 Å². The summed E-state index contributed by atoms with van der Waals surface area (Å²) in [6.45, 7) is 3.89. The Balaban J connectivity index is 2.05. The summed E-state index contributed by atoms with van der Waals surface area (Å²) in [6, 6.07) is 7.35. The van der Waals surface area contributed by atoms with Crippen LogP contribution in [-0.4, -0.2) is 17.4 Å². The minimum absolute atomic E-state index is 0.0219. The number of aryl methyl sites for hydroxylation is 2. The molecule has 0 N–H and O–H groups in total. The van der Waals surface area contributed by atoms with Crippen LogP contribution in [0.25, 0.3) is 0 Å². The molecule has 0 fully saturated rings. The van der Waals surface area contributed by atoms with Crippen LogP contribution in [0.2, 0.25) is 5.02 Å². The van der Waals surface area contributed by atoms with Crippen molar-refractivity contribution in [2.75, 3.05) is 6.61 Å². The number of hydrogen-bond donors (Lipinski definition) is 0. The topological polar surface area (TPSA) is 39.2 Å². The summed E-state index contributed by atoms with van der Waals surface area (Å²) in [5, 5.41) is 0.483. The Morgan fingerprint density at radius 1 is 1.26 bits per heavy atom. The van der Waals surface area contributed by atoms with Gasteiger partial charge in [-0.15, -0.1) is 0 Å². The maximum atomic E-state index is 12.1. The Labute approximate surface area is 117 Å². The predicted octanol–water partition coefficient (Wildman–Crippen LogP) is 3.61. The molecule has 0 aliphatic carbocycles. The van der Waals surface area contributed by atoms with Gasteiger partial charge in [0.2, 0.25) is 0 Å². The second-order valence-corrected chi connectivity index (χ2v) is 4.81. The van der Waals surface area contributed by atoms with Crippen LogP contribution >= 0.6 is 11.6 Å². The first kappa shape index (κ1) is 13.6. The van der Waals surface area contributed by atoms with Gasteiger partial charge in [-0.3, -0.25) is 9.78 Å². The summed E-state index contributed by atoms with van der Waals surface area (Å²) in [6.07, 6.45) is 3.04. The van der Waals surface area contributed by atoms with Gasteiger partial charge in [0.15, 0.2) is 12.4 Å². The Kier molecular flexibility index (Phi) is 4.17. The summed E-state index contributed by atoms with van der Waals surface area (Å²) in [5.41, 5.74) is 2.77. The van der Waals surface area contributed by atoms with E-state index in [4.69, 9.17) is 16.3 Å². The summed E-state index contributed by atoms with van der Waals surface area (Å²) >= 11 is 5.79. The van der Waals surface area contributed by atoms with Gasteiger partial charge in [0, 0.05) is 17.8 Å². The van der Waals surface area contributed by atoms with E-state index >= 15 is 0 Å². The van der Waals surface area contributed by atoms with E-state index in [1.165, 1.54) is 12.4 Å². The third kappa shape index (κ3) is 3.55. The molecule has 19 heavy (non-hydrogen) atoms. The molecule has 0 atom stereocenters. The average Bonchev–Trinajstić information content (AvgIpc) is 2.36. The van der Waals surface area contributed by atoms with Crippen molar-refractivity contribution in [1.29, 1.82) is 0 Å². The zero-order chi connectivity index (χ0) is 13.8. The molecular formula is C15H14ClNO2. The number of nitrogens with zero attached hydrogens (tertiary/aromatic N) is 1. The van der Waals surface area contributed by atoms with Gasteiger partial charge < -0.3 is 4.74 Å². The van der Waals surface area contributed by atoms with Crippen molar-refractivity contribution in [3.63, 3.8) is 0 Å². The highest BCUT2D eigenvalue weighted by Crippen LogP contribution is 2.16. The SMILES string of the molecule is Cc1ccc(C(=O)COc2cncc(Cl)c2)c(C)c1. The van der Waals surface area contributed by atoms with Gasteiger partial charge in [0.05, 0.1) is 11.2 Å². The van der Waals surface area contributed by atoms with Crippen molar-refractivity contribution in [3.8, 4) is 5.75 Å². The molecule has 0 bridgehead atoms. The van der Waals surface area contributed by atoms with Crippen LogP contribution in [0, 0.1) is 13.8 Å². The standard InChI is InChI=1S/C15H14ClNO2/c1-10-3-4-14(11(2)5-10)15(18)9-19-13-6-12(16)7-17-8-13/h3-8H,9H2,1-2H3. The minimum atomic E-state index is -0.0579. The van der Waals surface area contributed by atoms with E-state index in [0.717, 1.165) is 11.1 Å². The molecule has 2 rings (SSSR count). The summed E-state index contributed by atoms with van der Waals surface area (Å²) in [7, 11) is 0. The number of Topliss-reactive ketones (excluding diaryl/α,β-unsaturated/α-hetero) is 1. The smallest absolute Gasteiger partial charge is 0.200 e. The maximum absolute atomic E-state index is 12.1. The number of aromatic nitrogens is 1. The first-order chi connectivity index (χ1) is 9.06. The monoisotopic (exact) mass is 275 g/mol. The van der Waals surface area contributed by atoms with E-state index in [1.807, 2.05) is 32.0 Å². The first-order valence-corrected chi connectivity index (χ1v) is 6.28. The molecule has 0 aliphatic heterocycles. The fraction of sp³-hybridized carbons (Fsp3) is 0.200. The molecule has 98 valence electrons. The summed E-state index contributed by atoms with van der Waals surface area (Å²) in [5.74, 6) is 0.433. The van der Waals surface area contributed by atoms with Crippen molar-refractivity contribution < 1.29 is 9.53 Å². The normalized spacial score (nSPS) is 10.3. The molecule has 0 saturated carbocycles. The highest BCUT2D eigenvalue weighted by atomic mass is 35.5. The minimum Gasteiger partial charge on any atom is -0.484 e. The number of ketones is 1. The Morgan fingerprint density at radius 2 is 2.05 bits per heavy atom. The van der Waals surface area contributed by atoms with Crippen LogP contribution < -0.4 is 4.74 Å². The molecule has 4 heteroatoms. The van der Waals surface area contributed by atoms with Gasteiger partial charge in [0.25, 0.3) is 0 Å². The van der Waals surface area contributed by atoms with Gasteiger partial charge >= 0.3 is 0 Å². The van der Waals surface area contributed by atoms with Crippen LogP contribution in [0.15, 0.2) is 36.7 Å². The zero-order valence-corrected chi connectivity index (χ0v) is 11.6. The van der Waals surface area contributed by atoms with E-state index in [0.29, 0.717) is 16.3 Å². The van der Waals surface area contributed by atoms with Gasteiger partial charge in [-0.1, -0.05) is 35.4 Å². The highest BCUT2D eigenvalue weighted by molar-refractivity contribution is 6.30. The molecule has 1 aromatic carbocycles. The van der Waals surface area contributed by atoms with Crippen molar-refractivity contribution in [2.24, 2.45) is 0 Å². The number of carbonyl (C=O) groups is 1. The van der Waals surface area contributed by atoms with Crippen molar-refractivity contribution >= 4 is 17.4 Å². The van der Waals surface area contributed by atoms with Crippen LogP contribution in [0.4, 0.5) is 0 Å². The lowest BCUT2D eigenvalue weighted by molar-refractivity contribution is 0.0920. The highest BCUT2D eigenvalue weighted by Gasteiger charge is 2.10. The number of hydrogen-bond acceptors (Lipinski definition) is 3. The number of pyridine rings is 1. The summed E-state index contributed by atoms with van der Waals surface area (Å²) < 4.78 is 5.39. The molecular weight excluding hydrogens is 262 g/mol. The van der Waals surface area contributed by atoms with Gasteiger partial charge in [-0.25, -0.2) is 0 Å². The van der Waals surface area contributed by atoms with Crippen molar-refractivity contribution in [3.05, 3.63) is 58.4 Å². The van der Waals surface area contributed by atoms with Crippen molar-refractivity contribution in [2.45, 2.75) is 13.8 Å². The molecule has 1 aromatic heterocycles. The zero-order valence-electron chi connectivity index (χ0n) is 10.8. The molecule has 1 heterocycles. The predicted molar refractivity (Wildman–Crippen MR) is 75.0 cm³/mol. The molecule has 0 unspecified atom stereocenters. The molecule has 2 aromatic rings. The van der Waals surface area contributed by atoms with E-state index in [2.05, 4.69) is 4.98 Å². The molecule has 0 radical (unpaired) electrons. The molecule has 0 amide bonds. The lowest BCUT2D eigenvalue weighted by Crippen LogP contribution is -2.13. The fourth-order valence-corrected chi connectivity index (χ4v) is 1.99. The van der Waals surface area contributed by atoms with E-state index in [1.54, 1.807) is 6.07 Å². The second-order valence-electron chi connectivity index (χ2n) is 4.37. The largest absolute Gasteiger partial charge is 0.484 e. The summed E-state index contributed by atoms with van der Waals surface area (Å²) in [4.78, 5) is 16.0. The maximum Gasteiger partial charge on any atom is 0.200 e. The number of halogens is 1. The number of rotatable bonds is 4. The van der Waals surface area contributed by atoms with E-state index < -0.39 is 0 Å². The fourth-order valence-electron chi connectivity index (χ4n) is 1.82. The van der Waals surface area contributed by atoms with Crippen LogP contribution in [-0.2, 0) is 0 Å². The average molecular weight is 276 g/mol. The van der Waals surface area contributed by atoms with Gasteiger partial charge in [0.1, 0.15) is 5.75 Å². The number of carbonyl (C=O) groups excluding carboxylic acids is 1. The molecule has 0 spiro atoms. The number of ether oxygens (including phenoxy) is 1. The Bertz CT molecular complexity index is 611. The lowest BCUT2D eigenvalue weighted by atomic mass is 10.0. The van der Waals surface area contributed by atoms with Crippen LogP contribution in [0.1, 0.15) is 21.5 Å². The third-order valence-corrected chi connectivity index (χ3v) is 2.94. The van der Waals surface area contributed by atoms with Gasteiger partial charge in [-0.2, -0.15) is 0 Å². The molecule has 3 nitrogen and oxygen atoms in total. The van der Waals surface area contributed by atoms with Crippen molar-refractivity contribution in [1.82, 2.24) is 4.98 Å². The molecule has 0 saturated heterocycles. The second kappa shape index (κ2) is 5.85. The van der Waals surface area contributed by atoms with Crippen LogP contribution in [0.3, 0.4) is 0 Å². The third-order valence-electron chi connectivity index (χ3n) is 2.73. The first-order valence-electron chi connectivity index (χ1n) is 5.90. The molecule has 0 aliphatic rings. The Morgan fingerprint density at radius 3 is 2.74 bits per heavy atom. The lowest BCUT2D eigenvalue weighted by Gasteiger charge is -2.08. The van der Waals surface area contributed by atoms with Crippen LogP contribution in [0.5, 0.6) is 5.75 Å². The quantitative estimate of drug-likeness (QED) is 0.800. The Hall–Kier alpha value is -1.87. The number of benzene rings is 1. The van der Waals surface area contributed by atoms with E-state index in [-0.39, 0.29) is 12.4 Å². The van der Waals surface area contributed by atoms with Gasteiger partial charge in [-0.05, 0) is 19.4 Å².